The van der Waals surface area contributed by atoms with Crippen molar-refractivity contribution in [3.63, 3.8) is 0 Å². The summed E-state index contributed by atoms with van der Waals surface area (Å²) >= 11 is 7.99. The molecule has 0 aliphatic carbocycles. The lowest BCUT2D eigenvalue weighted by Gasteiger charge is -2.10. The molecule has 2 aromatic carbocycles. The number of hydrogen-bond donors (Lipinski definition) is 1. The Morgan fingerprint density at radius 1 is 1.25 bits per heavy atom. The van der Waals surface area contributed by atoms with Crippen LogP contribution < -0.4 is 5.32 Å². The molecule has 7 heteroatoms. The minimum Gasteiger partial charge on any atom is -0.354 e. The summed E-state index contributed by atoms with van der Waals surface area (Å²) in [5.74, 6) is 0. The van der Waals surface area contributed by atoms with E-state index in [9.17, 15) is 10.1 Å². The van der Waals surface area contributed by atoms with Crippen LogP contribution in [-0.4, -0.2) is 4.92 Å². The second-order valence-electron chi connectivity index (χ2n) is 3.85. The van der Waals surface area contributed by atoms with Gasteiger partial charge < -0.3 is 5.32 Å². The smallest absolute Gasteiger partial charge is 0.270 e. The molecule has 0 unspecified atom stereocenters. The van der Waals surface area contributed by atoms with Crippen molar-refractivity contribution in [3.8, 4) is 6.07 Å². The number of benzene rings is 2. The lowest BCUT2D eigenvalue weighted by atomic mass is 10.1. The molecule has 2 rings (SSSR count). The third kappa shape index (κ3) is 3.18. The van der Waals surface area contributed by atoms with E-state index in [0.29, 0.717) is 10.7 Å². The first-order chi connectivity index (χ1) is 9.51. The van der Waals surface area contributed by atoms with Gasteiger partial charge in [0.1, 0.15) is 6.07 Å². The topological polar surface area (TPSA) is 79.0 Å². The molecule has 0 saturated carbocycles. The van der Waals surface area contributed by atoms with Gasteiger partial charge in [-0.05, 0) is 46.9 Å². The lowest BCUT2D eigenvalue weighted by Crippen LogP contribution is -1.97. The Balaban J connectivity index is 2.39. The number of halogens is 2. The third-order valence-electron chi connectivity index (χ3n) is 2.53. The number of non-ortho nitro benzene ring substituents is 1. The highest BCUT2D eigenvalue weighted by Gasteiger charge is 2.11. The summed E-state index contributed by atoms with van der Waals surface area (Å²) in [6.45, 7) is 0. The molecule has 0 aromatic heterocycles. The molecule has 0 radical (unpaired) electrons. The Bertz CT molecular complexity index is 728. The van der Waals surface area contributed by atoms with Crippen molar-refractivity contribution >= 4 is 51.3 Å². The van der Waals surface area contributed by atoms with Crippen LogP contribution in [0, 0.1) is 25.0 Å². The van der Waals surface area contributed by atoms with Gasteiger partial charge in [0.05, 0.1) is 21.9 Å². The Morgan fingerprint density at radius 3 is 2.55 bits per heavy atom. The molecule has 20 heavy (non-hydrogen) atoms. The first-order valence-electron chi connectivity index (χ1n) is 5.42. The van der Waals surface area contributed by atoms with Crippen LogP contribution in [0.4, 0.5) is 17.1 Å². The summed E-state index contributed by atoms with van der Waals surface area (Å²) in [5.41, 5.74) is 1.39. The van der Waals surface area contributed by atoms with Crippen LogP contribution in [0.5, 0.6) is 0 Å². The third-order valence-corrected chi connectivity index (χ3v) is 3.66. The van der Waals surface area contributed by atoms with Crippen molar-refractivity contribution in [2.24, 2.45) is 0 Å². The van der Waals surface area contributed by atoms with Crippen molar-refractivity contribution in [2.45, 2.75) is 0 Å². The van der Waals surface area contributed by atoms with Gasteiger partial charge in [-0.3, -0.25) is 10.1 Å². The summed E-state index contributed by atoms with van der Waals surface area (Å²) in [5, 5.41) is 23.5. The van der Waals surface area contributed by atoms with E-state index in [2.05, 4.69) is 27.9 Å². The van der Waals surface area contributed by atoms with Gasteiger partial charge in [-0.1, -0.05) is 11.6 Å². The van der Waals surface area contributed by atoms with Gasteiger partial charge in [-0.2, -0.15) is 5.26 Å². The van der Waals surface area contributed by atoms with Crippen molar-refractivity contribution < 1.29 is 4.92 Å². The van der Waals surface area contributed by atoms with Crippen molar-refractivity contribution in [3.05, 3.63) is 60.7 Å². The van der Waals surface area contributed by atoms with Crippen LogP contribution in [0.3, 0.4) is 0 Å². The van der Waals surface area contributed by atoms with Crippen LogP contribution >= 0.6 is 34.2 Å². The SMILES string of the molecule is N#Cc1cc([N+](=O)[O-])ccc1Nc1ccc(Cl)cc1I. The van der Waals surface area contributed by atoms with Crippen LogP contribution in [0.15, 0.2) is 36.4 Å². The molecular weight excluding hydrogens is 393 g/mol. The highest BCUT2D eigenvalue weighted by atomic mass is 127. The zero-order valence-electron chi connectivity index (χ0n) is 9.93. The molecule has 0 heterocycles. The first kappa shape index (κ1) is 14.6. The van der Waals surface area contributed by atoms with Gasteiger partial charge >= 0.3 is 0 Å². The molecule has 0 fully saturated rings. The molecular formula is C13H7ClIN3O2. The molecule has 1 N–H and O–H groups in total. The fourth-order valence-electron chi connectivity index (χ4n) is 1.58. The molecule has 5 nitrogen and oxygen atoms in total. The average Bonchev–Trinajstić information content (AvgIpc) is 2.42. The fourth-order valence-corrected chi connectivity index (χ4v) is 2.59. The van der Waals surface area contributed by atoms with Crippen molar-refractivity contribution in [1.82, 2.24) is 0 Å². The number of nitrogens with zero attached hydrogens (tertiary/aromatic N) is 2. The maximum absolute atomic E-state index is 10.7. The largest absolute Gasteiger partial charge is 0.354 e. The van der Waals surface area contributed by atoms with Gasteiger partial charge in [0, 0.05) is 20.7 Å². The molecule has 0 spiro atoms. The lowest BCUT2D eigenvalue weighted by molar-refractivity contribution is -0.384. The Labute approximate surface area is 133 Å². The zero-order valence-corrected chi connectivity index (χ0v) is 12.8. The minimum absolute atomic E-state index is 0.113. The predicted molar refractivity (Wildman–Crippen MR) is 85.3 cm³/mol. The van der Waals surface area contributed by atoms with E-state index in [1.807, 2.05) is 6.07 Å². The van der Waals surface area contributed by atoms with E-state index >= 15 is 0 Å². The zero-order chi connectivity index (χ0) is 14.7. The summed E-state index contributed by atoms with van der Waals surface area (Å²) in [7, 11) is 0. The Morgan fingerprint density at radius 2 is 1.95 bits per heavy atom. The highest BCUT2D eigenvalue weighted by molar-refractivity contribution is 14.1. The van der Waals surface area contributed by atoms with Crippen LogP contribution in [0.1, 0.15) is 5.56 Å². The standard InChI is InChI=1S/C13H7ClIN3O2/c14-9-1-3-13(11(15)6-9)17-12-4-2-10(18(19)20)5-8(12)7-16/h1-6,17H. The van der Waals surface area contributed by atoms with Gasteiger partial charge in [-0.25, -0.2) is 0 Å². The average molecular weight is 400 g/mol. The number of rotatable bonds is 3. The van der Waals surface area contributed by atoms with E-state index in [0.717, 1.165) is 9.26 Å². The molecule has 0 saturated heterocycles. The maximum atomic E-state index is 10.7. The second kappa shape index (κ2) is 6.07. The summed E-state index contributed by atoms with van der Waals surface area (Å²) < 4.78 is 0.886. The Kier molecular flexibility index (Phi) is 4.42. The summed E-state index contributed by atoms with van der Waals surface area (Å²) in [6.07, 6.45) is 0. The highest BCUT2D eigenvalue weighted by Crippen LogP contribution is 2.28. The van der Waals surface area contributed by atoms with Crippen LogP contribution in [-0.2, 0) is 0 Å². The van der Waals surface area contributed by atoms with Crippen LogP contribution in [0.2, 0.25) is 5.02 Å². The second-order valence-corrected chi connectivity index (χ2v) is 5.45. The van der Waals surface area contributed by atoms with E-state index in [-0.39, 0.29) is 11.3 Å². The van der Waals surface area contributed by atoms with Gasteiger partial charge in [0.2, 0.25) is 0 Å². The molecule has 100 valence electrons. The molecule has 0 aliphatic heterocycles. The molecule has 0 aliphatic rings. The minimum atomic E-state index is -0.531. The van der Waals surface area contributed by atoms with Gasteiger partial charge in [-0.15, -0.1) is 0 Å². The maximum Gasteiger partial charge on any atom is 0.270 e. The number of nitro groups is 1. The monoisotopic (exact) mass is 399 g/mol. The number of nitrogens with one attached hydrogen (secondary N) is 1. The number of nitriles is 1. The molecule has 0 amide bonds. The Hall–Kier alpha value is -1.85. The fraction of sp³-hybridized carbons (Fsp3) is 0. The van der Waals surface area contributed by atoms with Crippen LogP contribution in [0.25, 0.3) is 0 Å². The quantitative estimate of drug-likeness (QED) is 0.469. The normalized spacial score (nSPS) is 9.85. The number of anilines is 2. The van der Waals surface area contributed by atoms with Gasteiger partial charge in [0.15, 0.2) is 0 Å². The number of nitro benzene ring substituents is 1. The summed E-state index contributed by atoms with van der Waals surface area (Å²) in [4.78, 5) is 10.2. The van der Waals surface area contributed by atoms with Crippen molar-refractivity contribution in [2.75, 3.05) is 5.32 Å². The predicted octanol–water partition coefficient (Wildman–Crippen LogP) is 4.47. The van der Waals surface area contributed by atoms with E-state index in [4.69, 9.17) is 16.9 Å². The molecule has 0 bridgehead atoms. The van der Waals surface area contributed by atoms with E-state index in [1.54, 1.807) is 18.2 Å². The molecule has 2 aromatic rings. The van der Waals surface area contributed by atoms with Gasteiger partial charge in [0.25, 0.3) is 5.69 Å². The van der Waals surface area contributed by atoms with E-state index in [1.165, 1.54) is 18.2 Å². The summed E-state index contributed by atoms with van der Waals surface area (Å²) in [6, 6.07) is 11.3. The molecule has 0 atom stereocenters. The first-order valence-corrected chi connectivity index (χ1v) is 6.87. The van der Waals surface area contributed by atoms with E-state index < -0.39 is 4.92 Å². The number of hydrogen-bond acceptors (Lipinski definition) is 4. The van der Waals surface area contributed by atoms with Crippen molar-refractivity contribution in [1.29, 1.82) is 5.26 Å².